The van der Waals surface area contributed by atoms with E-state index in [1.807, 2.05) is 6.07 Å². The molecule has 2 aliphatic heterocycles. The Balaban J connectivity index is 0.00000243. The number of halogens is 1. The fraction of sp³-hybridized carbons (Fsp3) is 0.611. The molecule has 26 heavy (non-hydrogen) atoms. The van der Waals surface area contributed by atoms with Crippen LogP contribution in [0.4, 0.5) is 5.69 Å². The van der Waals surface area contributed by atoms with E-state index in [2.05, 4.69) is 17.0 Å². The minimum Gasteiger partial charge on any atom is -0.316 e. The molecule has 2 unspecified atom stereocenters. The van der Waals surface area contributed by atoms with E-state index in [0.717, 1.165) is 30.8 Å². The molecule has 2 N–H and O–H groups in total. The number of hydrogen-bond donors (Lipinski definition) is 2. The van der Waals surface area contributed by atoms with Crippen LogP contribution in [-0.4, -0.2) is 41.0 Å². The van der Waals surface area contributed by atoms with Gasteiger partial charge in [0.05, 0.1) is 4.90 Å². The first-order chi connectivity index (χ1) is 11.9. The zero-order valence-corrected chi connectivity index (χ0v) is 17.0. The summed E-state index contributed by atoms with van der Waals surface area (Å²) in [5.41, 5.74) is 1.78. The normalized spacial score (nSPS) is 21.0. The SMILES string of the molecule is CNS(=O)(=O)c1ccc2c(c1)N(C(=O)CC(C)C1CCCNC1)CC2.Cl. The summed E-state index contributed by atoms with van der Waals surface area (Å²) in [5.74, 6) is 0.958. The molecule has 0 aromatic heterocycles. The quantitative estimate of drug-likeness (QED) is 0.790. The highest BCUT2D eigenvalue weighted by molar-refractivity contribution is 7.89. The first-order valence-corrected chi connectivity index (χ1v) is 10.5. The van der Waals surface area contributed by atoms with Gasteiger partial charge in [-0.1, -0.05) is 13.0 Å². The van der Waals surface area contributed by atoms with Gasteiger partial charge in [0.1, 0.15) is 0 Å². The number of sulfonamides is 1. The van der Waals surface area contributed by atoms with Gasteiger partial charge in [0.2, 0.25) is 15.9 Å². The number of piperidine rings is 1. The summed E-state index contributed by atoms with van der Waals surface area (Å²) < 4.78 is 26.4. The fourth-order valence-electron chi connectivity index (χ4n) is 3.82. The van der Waals surface area contributed by atoms with Gasteiger partial charge in [0.15, 0.2) is 0 Å². The minimum atomic E-state index is -3.51. The number of nitrogens with one attached hydrogen (secondary N) is 2. The molecule has 3 rings (SSSR count). The third-order valence-electron chi connectivity index (χ3n) is 5.47. The molecule has 1 aromatic rings. The second-order valence-corrected chi connectivity index (χ2v) is 8.97. The fourth-order valence-corrected chi connectivity index (χ4v) is 4.57. The topological polar surface area (TPSA) is 78.5 Å². The Morgan fingerprint density at radius 1 is 1.42 bits per heavy atom. The summed E-state index contributed by atoms with van der Waals surface area (Å²) in [6.07, 6.45) is 3.62. The van der Waals surface area contributed by atoms with Crippen molar-refractivity contribution in [3.63, 3.8) is 0 Å². The Kier molecular flexibility index (Phi) is 7.07. The minimum absolute atomic E-state index is 0. The van der Waals surface area contributed by atoms with Gasteiger partial charge in [-0.05, 0) is 68.9 Å². The van der Waals surface area contributed by atoms with Gasteiger partial charge in [0.25, 0.3) is 0 Å². The average Bonchev–Trinajstić information content (AvgIpc) is 3.05. The lowest BCUT2D eigenvalue weighted by Crippen LogP contribution is -2.36. The highest BCUT2D eigenvalue weighted by Gasteiger charge is 2.29. The second-order valence-electron chi connectivity index (χ2n) is 7.08. The van der Waals surface area contributed by atoms with Crippen LogP contribution < -0.4 is 14.9 Å². The van der Waals surface area contributed by atoms with Crippen LogP contribution >= 0.6 is 12.4 Å². The first kappa shape index (κ1) is 21.2. The van der Waals surface area contributed by atoms with Crippen LogP contribution in [0.5, 0.6) is 0 Å². The standard InChI is InChI=1S/C18H27N3O3S.ClH/c1-13(15-4-3-8-20-12-15)10-18(22)21-9-7-14-5-6-16(11-17(14)21)25(23,24)19-2;/h5-6,11,13,15,19-20H,3-4,7-10,12H2,1-2H3;1H. The highest BCUT2D eigenvalue weighted by atomic mass is 35.5. The van der Waals surface area contributed by atoms with Crippen molar-refractivity contribution in [3.05, 3.63) is 23.8 Å². The molecule has 2 aliphatic rings. The van der Waals surface area contributed by atoms with E-state index >= 15 is 0 Å². The van der Waals surface area contributed by atoms with Gasteiger partial charge in [-0.2, -0.15) is 0 Å². The Labute approximate surface area is 162 Å². The maximum Gasteiger partial charge on any atom is 0.240 e. The molecular formula is C18H28ClN3O3S. The van der Waals surface area contributed by atoms with E-state index in [-0.39, 0.29) is 23.2 Å². The lowest BCUT2D eigenvalue weighted by molar-refractivity contribution is -0.119. The molecule has 0 bridgehead atoms. The van der Waals surface area contributed by atoms with Crippen molar-refractivity contribution >= 4 is 34.0 Å². The molecule has 6 nitrogen and oxygen atoms in total. The van der Waals surface area contributed by atoms with Crippen molar-refractivity contribution < 1.29 is 13.2 Å². The molecule has 1 saturated heterocycles. The summed E-state index contributed by atoms with van der Waals surface area (Å²) in [6, 6.07) is 5.05. The molecule has 8 heteroatoms. The monoisotopic (exact) mass is 401 g/mol. The molecule has 0 spiro atoms. The predicted molar refractivity (Wildman–Crippen MR) is 105 cm³/mol. The number of hydrogen-bond acceptors (Lipinski definition) is 4. The Hall–Kier alpha value is -1.15. The lowest BCUT2D eigenvalue weighted by atomic mass is 9.85. The first-order valence-electron chi connectivity index (χ1n) is 9.00. The smallest absolute Gasteiger partial charge is 0.240 e. The van der Waals surface area contributed by atoms with Crippen LogP contribution in [0.2, 0.25) is 0 Å². The summed E-state index contributed by atoms with van der Waals surface area (Å²) in [6.45, 7) is 4.83. The number of carbonyl (C=O) groups excluding carboxylic acids is 1. The molecule has 146 valence electrons. The largest absolute Gasteiger partial charge is 0.316 e. The van der Waals surface area contributed by atoms with Crippen LogP contribution in [0.3, 0.4) is 0 Å². The molecule has 2 atom stereocenters. The molecule has 0 aliphatic carbocycles. The van der Waals surface area contributed by atoms with Crippen LogP contribution in [0.25, 0.3) is 0 Å². The van der Waals surface area contributed by atoms with Crippen molar-refractivity contribution in [2.75, 3.05) is 31.6 Å². The van der Waals surface area contributed by atoms with Crippen molar-refractivity contribution in [2.45, 2.75) is 37.5 Å². The average molecular weight is 402 g/mol. The van der Waals surface area contributed by atoms with E-state index in [1.165, 1.54) is 19.9 Å². The lowest BCUT2D eigenvalue weighted by Gasteiger charge is -2.29. The number of rotatable bonds is 5. The van der Waals surface area contributed by atoms with Gasteiger partial charge < -0.3 is 10.2 Å². The van der Waals surface area contributed by atoms with Crippen molar-refractivity contribution in [3.8, 4) is 0 Å². The molecule has 0 saturated carbocycles. The maximum absolute atomic E-state index is 12.8. The number of anilines is 1. The molecule has 1 aromatic carbocycles. The summed E-state index contributed by atoms with van der Waals surface area (Å²) >= 11 is 0. The summed E-state index contributed by atoms with van der Waals surface area (Å²) in [5, 5.41) is 3.41. The number of fused-ring (bicyclic) bond motifs is 1. The molecule has 1 amide bonds. The maximum atomic E-state index is 12.8. The Bertz CT molecular complexity index is 748. The van der Waals surface area contributed by atoms with E-state index < -0.39 is 10.0 Å². The van der Waals surface area contributed by atoms with Gasteiger partial charge in [-0.3, -0.25) is 4.79 Å². The van der Waals surface area contributed by atoms with E-state index in [9.17, 15) is 13.2 Å². The van der Waals surface area contributed by atoms with Crippen LogP contribution in [0.15, 0.2) is 23.1 Å². The zero-order chi connectivity index (χ0) is 18.0. The van der Waals surface area contributed by atoms with E-state index in [1.54, 1.807) is 17.0 Å². The number of amides is 1. The van der Waals surface area contributed by atoms with Crippen LogP contribution in [0.1, 0.15) is 31.7 Å². The number of benzene rings is 1. The third-order valence-corrected chi connectivity index (χ3v) is 6.88. The molecule has 1 fully saturated rings. The highest BCUT2D eigenvalue weighted by Crippen LogP contribution is 2.32. The Morgan fingerprint density at radius 3 is 2.85 bits per heavy atom. The van der Waals surface area contributed by atoms with Gasteiger partial charge >= 0.3 is 0 Å². The van der Waals surface area contributed by atoms with E-state index in [4.69, 9.17) is 0 Å². The number of nitrogens with zero attached hydrogens (tertiary/aromatic N) is 1. The molecular weight excluding hydrogens is 374 g/mol. The van der Waals surface area contributed by atoms with Crippen molar-refractivity contribution in [1.29, 1.82) is 0 Å². The molecule has 2 heterocycles. The summed E-state index contributed by atoms with van der Waals surface area (Å²) in [7, 11) is -2.11. The molecule has 0 radical (unpaired) electrons. The van der Waals surface area contributed by atoms with Crippen molar-refractivity contribution in [2.24, 2.45) is 11.8 Å². The second kappa shape index (κ2) is 8.69. The third kappa shape index (κ3) is 4.39. The number of carbonyl (C=O) groups is 1. The van der Waals surface area contributed by atoms with Gasteiger partial charge in [-0.25, -0.2) is 13.1 Å². The van der Waals surface area contributed by atoms with Crippen LogP contribution in [0, 0.1) is 11.8 Å². The zero-order valence-electron chi connectivity index (χ0n) is 15.3. The van der Waals surface area contributed by atoms with Gasteiger partial charge in [-0.15, -0.1) is 12.4 Å². The predicted octanol–water partition coefficient (Wildman–Crippen LogP) is 1.93. The van der Waals surface area contributed by atoms with Crippen molar-refractivity contribution in [1.82, 2.24) is 10.0 Å². The Morgan fingerprint density at radius 2 is 2.19 bits per heavy atom. The summed E-state index contributed by atoms with van der Waals surface area (Å²) in [4.78, 5) is 14.8. The van der Waals surface area contributed by atoms with Gasteiger partial charge in [0, 0.05) is 18.7 Å². The van der Waals surface area contributed by atoms with Crippen LogP contribution in [-0.2, 0) is 21.2 Å². The van der Waals surface area contributed by atoms with E-state index in [0.29, 0.717) is 24.8 Å².